The molecular weight excluding hydrogens is 413 g/mol. The summed E-state index contributed by atoms with van der Waals surface area (Å²) in [6.45, 7) is 5.39. The van der Waals surface area contributed by atoms with E-state index in [1.165, 1.54) is 6.07 Å². The zero-order chi connectivity index (χ0) is 23.0. The third-order valence-electron chi connectivity index (χ3n) is 7.50. The van der Waals surface area contributed by atoms with E-state index in [0.717, 1.165) is 56.4 Å². The van der Waals surface area contributed by atoms with E-state index < -0.39 is 17.3 Å². The van der Waals surface area contributed by atoms with Gasteiger partial charge in [-0.1, -0.05) is 0 Å². The van der Waals surface area contributed by atoms with E-state index in [9.17, 15) is 19.8 Å². The lowest BCUT2D eigenvalue weighted by Gasteiger charge is -2.41. The van der Waals surface area contributed by atoms with Crippen LogP contribution in [-0.2, 0) is 4.79 Å². The number of aliphatic hydroxyl groups excluding tert-OH is 1. The maximum absolute atomic E-state index is 15.1. The molecule has 2 N–H and O–H groups in total. The first-order valence-electron chi connectivity index (χ1n) is 11.8. The number of aliphatic hydroxyl groups is 1. The Morgan fingerprint density at radius 3 is 2.53 bits per heavy atom. The summed E-state index contributed by atoms with van der Waals surface area (Å²) in [4.78, 5) is 30.2. The second kappa shape index (κ2) is 8.89. The predicted molar refractivity (Wildman–Crippen MR) is 121 cm³/mol. The number of benzene rings is 1. The minimum atomic E-state index is -1.11. The average molecular weight is 448 g/mol. The normalized spacial score (nSPS) is 28.6. The van der Waals surface area contributed by atoms with Crippen molar-refractivity contribution in [2.45, 2.75) is 77.0 Å². The molecule has 7 nitrogen and oxygen atoms in total. The van der Waals surface area contributed by atoms with Crippen molar-refractivity contribution in [3.8, 4) is 0 Å². The molecule has 3 fully saturated rings. The molecule has 0 aromatic heterocycles. The summed E-state index contributed by atoms with van der Waals surface area (Å²) < 4.78 is 15.1. The second-order valence-corrected chi connectivity index (χ2v) is 9.90. The van der Waals surface area contributed by atoms with Crippen LogP contribution in [0.4, 0.5) is 20.6 Å². The lowest BCUT2D eigenvalue weighted by atomic mass is 9.78. The number of nitrogens with zero attached hydrogens (tertiary/aromatic N) is 3. The smallest absolute Gasteiger partial charge is 0.412 e. The zero-order valence-electron chi connectivity index (χ0n) is 19.0. The van der Waals surface area contributed by atoms with Crippen LogP contribution >= 0.6 is 0 Å². The third-order valence-corrected chi connectivity index (χ3v) is 7.50. The Morgan fingerprint density at radius 2 is 1.91 bits per heavy atom. The highest BCUT2D eigenvalue weighted by molar-refractivity contribution is 5.87. The maximum atomic E-state index is 15.1. The number of likely N-dealkylation sites (tertiary alicyclic amines) is 1. The molecule has 2 heterocycles. The van der Waals surface area contributed by atoms with Crippen LogP contribution in [0.3, 0.4) is 0 Å². The number of piperidine rings is 1. The van der Waals surface area contributed by atoms with Gasteiger partial charge in [-0.15, -0.1) is 0 Å². The van der Waals surface area contributed by atoms with E-state index in [1.54, 1.807) is 26.0 Å². The highest BCUT2D eigenvalue weighted by Crippen LogP contribution is 2.44. The number of halogens is 1. The van der Waals surface area contributed by atoms with E-state index >= 15 is 4.39 Å². The van der Waals surface area contributed by atoms with Crippen molar-refractivity contribution in [3.63, 3.8) is 0 Å². The molecule has 1 spiro atoms. The van der Waals surface area contributed by atoms with Gasteiger partial charge in [0.1, 0.15) is 5.82 Å². The van der Waals surface area contributed by atoms with Gasteiger partial charge in [-0.05, 0) is 77.0 Å². The first-order valence-corrected chi connectivity index (χ1v) is 11.8. The molecule has 1 saturated carbocycles. The average Bonchev–Trinajstić information content (AvgIpc) is 3.04. The summed E-state index contributed by atoms with van der Waals surface area (Å²) in [7, 11) is 0. The Hall–Kier alpha value is -2.35. The summed E-state index contributed by atoms with van der Waals surface area (Å²) in [6, 6.07) is 4.46. The molecule has 2 amide bonds. The van der Waals surface area contributed by atoms with Crippen LogP contribution in [0.5, 0.6) is 0 Å². The minimum Gasteiger partial charge on any atom is -0.465 e. The Morgan fingerprint density at radius 1 is 1.19 bits per heavy atom. The molecule has 0 unspecified atom stereocenters. The lowest BCUT2D eigenvalue weighted by Crippen LogP contribution is -2.50. The fourth-order valence-electron chi connectivity index (χ4n) is 5.81. The number of carbonyl (C=O) groups is 2. The van der Waals surface area contributed by atoms with Crippen molar-refractivity contribution in [2.24, 2.45) is 5.41 Å². The Bertz CT molecular complexity index is 871. The van der Waals surface area contributed by atoms with Crippen molar-refractivity contribution in [2.75, 3.05) is 29.4 Å². The Kier molecular flexibility index (Phi) is 6.34. The molecule has 1 aromatic carbocycles. The van der Waals surface area contributed by atoms with Crippen molar-refractivity contribution in [1.29, 1.82) is 0 Å². The van der Waals surface area contributed by atoms with Gasteiger partial charge in [0.2, 0.25) is 5.91 Å². The van der Waals surface area contributed by atoms with Crippen LogP contribution in [-0.4, -0.2) is 64.9 Å². The minimum absolute atomic E-state index is 0.178. The van der Waals surface area contributed by atoms with Crippen LogP contribution < -0.4 is 9.80 Å². The number of anilines is 2. The summed E-state index contributed by atoms with van der Waals surface area (Å²) in [5.74, 6) is -0.285. The Balaban J connectivity index is 1.51. The largest absolute Gasteiger partial charge is 0.465 e. The maximum Gasteiger partial charge on any atom is 0.412 e. The van der Waals surface area contributed by atoms with E-state index in [2.05, 4.69) is 0 Å². The van der Waals surface area contributed by atoms with Gasteiger partial charge in [0.15, 0.2) is 0 Å². The third kappa shape index (κ3) is 4.17. The van der Waals surface area contributed by atoms with Crippen LogP contribution in [0.1, 0.15) is 58.8 Å². The second-order valence-electron chi connectivity index (χ2n) is 9.90. The number of hydrogen-bond acceptors (Lipinski definition) is 4. The predicted octanol–water partition coefficient (Wildman–Crippen LogP) is 3.84. The van der Waals surface area contributed by atoms with Crippen LogP contribution in [0.25, 0.3) is 0 Å². The van der Waals surface area contributed by atoms with Gasteiger partial charge in [0.05, 0.1) is 22.9 Å². The quantitative estimate of drug-likeness (QED) is 0.733. The SMILES string of the molecule is CC(C)N(C(=O)O)c1ccc(N2CCC[C@]3(CCN(C4CCC(O)CC4)C3=O)C2)c(F)c1. The van der Waals surface area contributed by atoms with Gasteiger partial charge in [0, 0.05) is 31.7 Å². The van der Waals surface area contributed by atoms with Gasteiger partial charge in [-0.2, -0.15) is 0 Å². The van der Waals surface area contributed by atoms with Gasteiger partial charge in [-0.25, -0.2) is 9.18 Å². The molecule has 0 radical (unpaired) electrons. The van der Waals surface area contributed by atoms with E-state index in [4.69, 9.17) is 0 Å². The van der Waals surface area contributed by atoms with Crippen LogP contribution in [0.2, 0.25) is 0 Å². The highest BCUT2D eigenvalue weighted by Gasteiger charge is 2.50. The molecule has 4 rings (SSSR count). The van der Waals surface area contributed by atoms with E-state index in [-0.39, 0.29) is 24.1 Å². The van der Waals surface area contributed by atoms with Crippen molar-refractivity contribution < 1.29 is 24.2 Å². The molecule has 2 saturated heterocycles. The molecule has 176 valence electrons. The lowest BCUT2D eigenvalue weighted by molar-refractivity contribution is -0.139. The number of rotatable bonds is 4. The Labute approximate surface area is 188 Å². The summed E-state index contributed by atoms with van der Waals surface area (Å²) >= 11 is 0. The molecule has 2 aliphatic heterocycles. The van der Waals surface area contributed by atoms with Gasteiger partial charge in [0.25, 0.3) is 0 Å². The van der Waals surface area contributed by atoms with Crippen LogP contribution in [0.15, 0.2) is 18.2 Å². The fourth-order valence-corrected chi connectivity index (χ4v) is 5.81. The van der Waals surface area contributed by atoms with Gasteiger partial charge in [-0.3, -0.25) is 9.69 Å². The zero-order valence-corrected chi connectivity index (χ0v) is 19.0. The molecule has 8 heteroatoms. The van der Waals surface area contributed by atoms with Crippen LogP contribution in [0, 0.1) is 11.2 Å². The molecule has 3 aliphatic rings. The first-order chi connectivity index (χ1) is 15.2. The first kappa shape index (κ1) is 22.8. The van der Waals surface area contributed by atoms with E-state index in [0.29, 0.717) is 24.5 Å². The number of carbonyl (C=O) groups excluding carboxylic acids is 1. The van der Waals surface area contributed by atoms with Crippen molar-refractivity contribution in [3.05, 3.63) is 24.0 Å². The topological polar surface area (TPSA) is 84.3 Å². The molecular formula is C24H34FN3O4. The number of amides is 2. The molecule has 1 aromatic rings. The standard InChI is InChI=1S/C24H34FN3O4/c1-16(2)28(23(31)32)18-6-9-21(20(25)14-18)26-12-3-10-24(15-26)11-13-27(22(24)30)17-4-7-19(29)8-5-17/h6,9,14,16-17,19,29H,3-5,7-8,10-13,15H2,1-2H3,(H,31,32)/t17?,19?,24-/m0/s1. The fraction of sp³-hybridized carbons (Fsp3) is 0.667. The van der Waals surface area contributed by atoms with Gasteiger partial charge < -0.3 is 20.0 Å². The highest BCUT2D eigenvalue weighted by atomic mass is 19.1. The summed E-state index contributed by atoms with van der Waals surface area (Å²) in [5.41, 5.74) is 0.252. The number of carboxylic acid groups (broad SMARTS) is 1. The van der Waals surface area contributed by atoms with E-state index in [1.807, 2.05) is 9.80 Å². The number of hydrogen-bond donors (Lipinski definition) is 2. The van der Waals surface area contributed by atoms with Crippen molar-refractivity contribution >= 4 is 23.4 Å². The van der Waals surface area contributed by atoms with Crippen molar-refractivity contribution in [1.82, 2.24) is 4.90 Å². The monoisotopic (exact) mass is 447 g/mol. The molecule has 32 heavy (non-hydrogen) atoms. The molecule has 1 atom stereocenters. The molecule has 1 aliphatic carbocycles. The molecule has 0 bridgehead atoms. The summed E-state index contributed by atoms with van der Waals surface area (Å²) in [5, 5.41) is 19.3. The van der Waals surface area contributed by atoms with Gasteiger partial charge >= 0.3 is 6.09 Å². The summed E-state index contributed by atoms with van der Waals surface area (Å²) in [6.07, 6.45) is 4.23.